The number of carboxylic acid groups (broad SMARTS) is 1. The number of imide groups is 3. The minimum Gasteiger partial charge on any atom is -0.478 e. The Labute approximate surface area is 119 Å². The number of nitrogens with two attached hydrogens (primary N) is 1. The quantitative estimate of drug-likeness (QED) is 0.472. The molecule has 1 aliphatic rings. The van der Waals surface area contributed by atoms with Gasteiger partial charge in [-0.2, -0.15) is 0 Å². The first kappa shape index (κ1) is 14.4. The van der Waals surface area contributed by atoms with Crippen molar-refractivity contribution in [1.82, 2.24) is 4.90 Å². The molecule has 0 fully saturated rings. The van der Waals surface area contributed by atoms with E-state index < -0.39 is 23.7 Å². The number of carbonyl (C=O) groups excluding carboxylic acids is 3. The summed E-state index contributed by atoms with van der Waals surface area (Å²) in [6.07, 6.45) is 0. The lowest BCUT2D eigenvalue weighted by atomic mass is 10.1. The van der Waals surface area contributed by atoms with Gasteiger partial charge in [-0.15, -0.1) is 0 Å². The third-order valence-corrected chi connectivity index (χ3v) is 3.35. The average molecular weight is 288 g/mol. The maximum absolute atomic E-state index is 12.2. The Bertz CT molecular complexity index is 733. The van der Waals surface area contributed by atoms with Crippen molar-refractivity contribution < 1.29 is 24.3 Å². The Morgan fingerprint density at radius 2 is 1.71 bits per heavy atom. The van der Waals surface area contributed by atoms with Gasteiger partial charge in [0.05, 0.1) is 11.1 Å². The van der Waals surface area contributed by atoms with E-state index >= 15 is 0 Å². The molecule has 0 bridgehead atoms. The van der Waals surface area contributed by atoms with Crippen molar-refractivity contribution in [3.05, 3.63) is 40.5 Å². The highest BCUT2D eigenvalue weighted by Crippen LogP contribution is 2.28. The molecule has 0 radical (unpaired) electrons. The molecule has 0 unspecified atom stereocenters. The van der Waals surface area contributed by atoms with Crippen molar-refractivity contribution in [2.24, 2.45) is 0 Å². The number of amides is 3. The first-order valence-electron chi connectivity index (χ1n) is 5.99. The van der Waals surface area contributed by atoms with E-state index in [4.69, 9.17) is 10.8 Å². The van der Waals surface area contributed by atoms with Crippen LogP contribution in [-0.2, 0) is 9.59 Å². The molecular weight excluding hydrogens is 276 g/mol. The largest absolute Gasteiger partial charge is 0.478 e. The van der Waals surface area contributed by atoms with Crippen LogP contribution in [0.2, 0.25) is 0 Å². The SMILES string of the molecule is CC(C(=O)O)=C(C)C(=O)N1C(=O)c2cccc(N)c2C1=O. The maximum atomic E-state index is 12.2. The number of aliphatic carboxylic acids is 1. The number of benzene rings is 1. The van der Waals surface area contributed by atoms with Crippen molar-refractivity contribution in [1.29, 1.82) is 0 Å². The van der Waals surface area contributed by atoms with E-state index in [-0.39, 0.29) is 28.0 Å². The normalized spacial score (nSPS) is 14.9. The zero-order valence-corrected chi connectivity index (χ0v) is 11.3. The fraction of sp³-hybridized carbons (Fsp3) is 0.143. The molecular formula is C14H12N2O5. The average Bonchev–Trinajstić information content (AvgIpc) is 2.69. The Balaban J connectivity index is 2.50. The van der Waals surface area contributed by atoms with E-state index in [0.29, 0.717) is 4.90 Å². The smallest absolute Gasteiger partial charge is 0.331 e. The lowest BCUT2D eigenvalue weighted by Gasteiger charge is -2.13. The molecule has 1 aromatic rings. The molecule has 1 aromatic carbocycles. The summed E-state index contributed by atoms with van der Waals surface area (Å²) >= 11 is 0. The highest BCUT2D eigenvalue weighted by molar-refractivity contribution is 6.32. The van der Waals surface area contributed by atoms with Gasteiger partial charge in [0.15, 0.2) is 0 Å². The summed E-state index contributed by atoms with van der Waals surface area (Å²) in [5.41, 5.74) is 5.34. The molecule has 21 heavy (non-hydrogen) atoms. The van der Waals surface area contributed by atoms with Crippen LogP contribution < -0.4 is 5.73 Å². The molecule has 3 N–H and O–H groups in total. The van der Waals surface area contributed by atoms with Crippen LogP contribution >= 0.6 is 0 Å². The number of nitrogens with zero attached hydrogens (tertiary/aromatic N) is 1. The summed E-state index contributed by atoms with van der Waals surface area (Å²) in [6, 6.07) is 4.34. The fourth-order valence-electron chi connectivity index (χ4n) is 1.98. The van der Waals surface area contributed by atoms with Crippen LogP contribution in [0.4, 0.5) is 5.69 Å². The lowest BCUT2D eigenvalue weighted by Crippen LogP contribution is -2.37. The molecule has 1 aliphatic heterocycles. The second-order valence-corrected chi connectivity index (χ2v) is 4.58. The number of anilines is 1. The van der Waals surface area contributed by atoms with Crippen LogP contribution in [0, 0.1) is 0 Å². The minimum atomic E-state index is -1.29. The summed E-state index contributed by atoms with van der Waals surface area (Å²) in [5.74, 6) is -3.89. The third-order valence-electron chi connectivity index (χ3n) is 3.35. The molecule has 0 atom stereocenters. The molecule has 0 saturated heterocycles. The zero-order chi connectivity index (χ0) is 15.9. The Kier molecular flexibility index (Phi) is 3.34. The lowest BCUT2D eigenvalue weighted by molar-refractivity contribution is -0.133. The van der Waals surface area contributed by atoms with E-state index in [2.05, 4.69) is 0 Å². The highest BCUT2D eigenvalue weighted by Gasteiger charge is 2.41. The highest BCUT2D eigenvalue weighted by atomic mass is 16.4. The second-order valence-electron chi connectivity index (χ2n) is 4.58. The van der Waals surface area contributed by atoms with E-state index in [1.165, 1.54) is 32.0 Å². The number of hydrogen-bond donors (Lipinski definition) is 2. The van der Waals surface area contributed by atoms with E-state index in [9.17, 15) is 19.2 Å². The van der Waals surface area contributed by atoms with E-state index in [0.717, 1.165) is 0 Å². The van der Waals surface area contributed by atoms with Gasteiger partial charge in [0.25, 0.3) is 17.7 Å². The summed E-state index contributed by atoms with van der Waals surface area (Å²) in [5, 5.41) is 8.88. The van der Waals surface area contributed by atoms with E-state index in [1.807, 2.05) is 0 Å². The van der Waals surface area contributed by atoms with Crippen LogP contribution in [0.25, 0.3) is 0 Å². The van der Waals surface area contributed by atoms with Crippen LogP contribution in [0.1, 0.15) is 34.6 Å². The third kappa shape index (κ3) is 2.08. The van der Waals surface area contributed by atoms with Crippen LogP contribution in [0.3, 0.4) is 0 Å². The standard InChI is InChI=1S/C14H12N2O5/c1-6(7(2)14(20)21)11(17)16-12(18)8-4-3-5-9(15)10(8)13(16)19/h3-5H,15H2,1-2H3,(H,20,21). The van der Waals surface area contributed by atoms with Crippen LogP contribution in [-0.4, -0.2) is 33.7 Å². The van der Waals surface area contributed by atoms with Gasteiger partial charge in [0.2, 0.25) is 0 Å². The summed E-state index contributed by atoms with van der Waals surface area (Å²) in [4.78, 5) is 47.9. The fourth-order valence-corrected chi connectivity index (χ4v) is 1.98. The van der Waals surface area contributed by atoms with Gasteiger partial charge in [0, 0.05) is 16.8 Å². The van der Waals surface area contributed by atoms with Gasteiger partial charge >= 0.3 is 5.97 Å². The van der Waals surface area contributed by atoms with Crippen molar-refractivity contribution >= 4 is 29.4 Å². The van der Waals surface area contributed by atoms with Crippen LogP contribution in [0.5, 0.6) is 0 Å². The van der Waals surface area contributed by atoms with Crippen LogP contribution in [0.15, 0.2) is 29.3 Å². The molecule has 2 rings (SSSR count). The summed E-state index contributed by atoms with van der Waals surface area (Å²) in [7, 11) is 0. The molecule has 3 amide bonds. The van der Waals surface area contributed by atoms with Crippen molar-refractivity contribution in [3.63, 3.8) is 0 Å². The Morgan fingerprint density at radius 1 is 1.10 bits per heavy atom. The zero-order valence-electron chi connectivity index (χ0n) is 11.3. The molecule has 7 nitrogen and oxygen atoms in total. The topological polar surface area (TPSA) is 118 Å². The first-order chi connectivity index (χ1) is 9.77. The summed E-state index contributed by atoms with van der Waals surface area (Å²) in [6.45, 7) is 2.47. The molecule has 7 heteroatoms. The second kappa shape index (κ2) is 4.86. The first-order valence-corrected chi connectivity index (χ1v) is 5.99. The van der Waals surface area contributed by atoms with Crippen molar-refractivity contribution in [2.45, 2.75) is 13.8 Å². The maximum Gasteiger partial charge on any atom is 0.331 e. The molecule has 0 aliphatic carbocycles. The number of rotatable bonds is 2. The summed E-state index contributed by atoms with van der Waals surface area (Å²) < 4.78 is 0. The van der Waals surface area contributed by atoms with Gasteiger partial charge in [0.1, 0.15) is 0 Å². The number of hydrogen-bond acceptors (Lipinski definition) is 5. The van der Waals surface area contributed by atoms with Gasteiger partial charge in [-0.05, 0) is 26.0 Å². The van der Waals surface area contributed by atoms with E-state index in [1.54, 1.807) is 0 Å². The number of fused-ring (bicyclic) bond motifs is 1. The van der Waals surface area contributed by atoms with Gasteiger partial charge < -0.3 is 10.8 Å². The number of nitrogen functional groups attached to an aromatic ring is 1. The van der Waals surface area contributed by atoms with Crippen molar-refractivity contribution in [3.8, 4) is 0 Å². The molecule has 0 aromatic heterocycles. The number of carbonyl (C=O) groups is 4. The van der Waals surface area contributed by atoms with Gasteiger partial charge in [-0.25, -0.2) is 9.69 Å². The minimum absolute atomic E-state index is 0.0309. The molecule has 1 heterocycles. The Morgan fingerprint density at radius 3 is 2.24 bits per heavy atom. The molecule has 0 spiro atoms. The monoisotopic (exact) mass is 288 g/mol. The number of carboxylic acids is 1. The van der Waals surface area contributed by atoms with Crippen molar-refractivity contribution in [2.75, 3.05) is 5.73 Å². The predicted molar refractivity (Wildman–Crippen MR) is 72.4 cm³/mol. The molecule has 0 saturated carbocycles. The Hall–Kier alpha value is -2.96. The van der Waals surface area contributed by atoms with Gasteiger partial charge in [-0.3, -0.25) is 14.4 Å². The van der Waals surface area contributed by atoms with Gasteiger partial charge in [-0.1, -0.05) is 6.07 Å². The predicted octanol–water partition coefficient (Wildman–Crippen LogP) is 0.812. The molecule has 108 valence electrons.